The minimum atomic E-state index is -0.398. The fourth-order valence-corrected chi connectivity index (χ4v) is 2.71. The van der Waals surface area contributed by atoms with Crippen molar-refractivity contribution < 1.29 is 9.47 Å². The number of benzene rings is 2. The molecular formula is C21H21ClN4O3. The van der Waals surface area contributed by atoms with Crippen molar-refractivity contribution in [3.63, 3.8) is 0 Å². The zero-order valence-electron chi connectivity index (χ0n) is 16.1. The van der Waals surface area contributed by atoms with E-state index in [4.69, 9.17) is 21.1 Å². The largest absolute Gasteiger partial charge is 0.490 e. The SMILES string of the molecule is CCOc1cc(/C=N\Nc2cnn(C)c(=O)c2Cl)ccc1OCc1ccccc1. The molecule has 0 atom stereocenters. The van der Waals surface area contributed by atoms with E-state index in [0.29, 0.717) is 30.4 Å². The van der Waals surface area contributed by atoms with Gasteiger partial charge < -0.3 is 9.47 Å². The number of halogens is 1. The van der Waals surface area contributed by atoms with Gasteiger partial charge in [0.05, 0.1) is 19.0 Å². The van der Waals surface area contributed by atoms with Crippen LogP contribution in [0.1, 0.15) is 18.1 Å². The lowest BCUT2D eigenvalue weighted by molar-refractivity contribution is 0.269. The first-order valence-corrected chi connectivity index (χ1v) is 9.40. The molecule has 0 unspecified atom stereocenters. The van der Waals surface area contributed by atoms with Crippen LogP contribution in [0, 0.1) is 0 Å². The summed E-state index contributed by atoms with van der Waals surface area (Å²) in [4.78, 5) is 11.8. The van der Waals surface area contributed by atoms with Crippen LogP contribution in [0.3, 0.4) is 0 Å². The Morgan fingerprint density at radius 1 is 1.17 bits per heavy atom. The van der Waals surface area contributed by atoms with Crippen molar-refractivity contribution in [2.75, 3.05) is 12.0 Å². The average molecular weight is 413 g/mol. The Morgan fingerprint density at radius 2 is 1.97 bits per heavy atom. The number of hydrogen-bond donors (Lipinski definition) is 1. The summed E-state index contributed by atoms with van der Waals surface area (Å²) >= 11 is 6.01. The van der Waals surface area contributed by atoms with E-state index in [9.17, 15) is 4.79 Å². The van der Waals surface area contributed by atoms with Gasteiger partial charge in [0, 0.05) is 7.05 Å². The fraction of sp³-hybridized carbons (Fsp3) is 0.190. The first-order chi connectivity index (χ1) is 14.1. The Labute approximate surface area is 173 Å². The van der Waals surface area contributed by atoms with E-state index in [1.807, 2.05) is 55.5 Å². The molecule has 7 nitrogen and oxygen atoms in total. The number of rotatable bonds is 8. The molecule has 0 radical (unpaired) electrons. The van der Waals surface area contributed by atoms with Gasteiger partial charge in [0.25, 0.3) is 5.56 Å². The predicted molar refractivity (Wildman–Crippen MR) is 114 cm³/mol. The first kappa shape index (κ1) is 20.4. The summed E-state index contributed by atoms with van der Waals surface area (Å²) in [5, 5.41) is 8.06. The van der Waals surface area contributed by atoms with Crippen molar-refractivity contribution >= 4 is 23.5 Å². The Bertz CT molecular complexity index is 1050. The summed E-state index contributed by atoms with van der Waals surface area (Å²) in [5.41, 5.74) is 4.53. The molecule has 0 bridgehead atoms. The smallest absolute Gasteiger partial charge is 0.287 e. The number of aryl methyl sites for hydroxylation is 1. The van der Waals surface area contributed by atoms with Gasteiger partial charge in [-0.1, -0.05) is 41.9 Å². The standard InChI is InChI=1S/C21H21ClN4O3/c1-3-28-19-11-16(9-10-18(19)29-14-15-7-5-4-6-8-15)12-23-25-17-13-24-26(2)21(27)20(17)22/h4-13,25H,3,14H2,1-2H3/b23-12-. The molecule has 8 heteroatoms. The number of hydrogen-bond acceptors (Lipinski definition) is 6. The molecule has 1 N–H and O–H groups in total. The summed E-state index contributed by atoms with van der Waals surface area (Å²) in [5.74, 6) is 1.28. The summed E-state index contributed by atoms with van der Waals surface area (Å²) < 4.78 is 12.7. The van der Waals surface area contributed by atoms with Gasteiger partial charge >= 0.3 is 0 Å². The summed E-state index contributed by atoms with van der Waals surface area (Å²) in [7, 11) is 1.53. The molecule has 0 aliphatic heterocycles. The number of aromatic nitrogens is 2. The number of nitrogens with zero attached hydrogens (tertiary/aromatic N) is 3. The monoisotopic (exact) mass is 412 g/mol. The maximum Gasteiger partial charge on any atom is 0.287 e. The molecule has 0 fully saturated rings. The quantitative estimate of drug-likeness (QED) is 0.449. The summed E-state index contributed by atoms with van der Waals surface area (Å²) in [6, 6.07) is 15.4. The second-order valence-corrected chi connectivity index (χ2v) is 6.46. The average Bonchev–Trinajstić information content (AvgIpc) is 2.74. The lowest BCUT2D eigenvalue weighted by Crippen LogP contribution is -2.20. The molecule has 0 aliphatic rings. The van der Waals surface area contributed by atoms with E-state index < -0.39 is 5.56 Å². The van der Waals surface area contributed by atoms with Gasteiger partial charge in [-0.3, -0.25) is 10.2 Å². The minimum absolute atomic E-state index is 0.0271. The topological polar surface area (TPSA) is 77.7 Å². The van der Waals surface area contributed by atoms with Gasteiger partial charge in [-0.25, -0.2) is 4.68 Å². The van der Waals surface area contributed by atoms with Crippen molar-refractivity contribution in [2.45, 2.75) is 13.5 Å². The first-order valence-electron chi connectivity index (χ1n) is 9.03. The molecule has 0 saturated carbocycles. The van der Waals surface area contributed by atoms with E-state index in [2.05, 4.69) is 15.6 Å². The minimum Gasteiger partial charge on any atom is -0.490 e. The highest BCUT2D eigenvalue weighted by Crippen LogP contribution is 2.29. The summed E-state index contributed by atoms with van der Waals surface area (Å²) in [6.45, 7) is 2.87. The highest BCUT2D eigenvalue weighted by Gasteiger charge is 2.08. The molecule has 150 valence electrons. The van der Waals surface area contributed by atoms with E-state index in [1.54, 1.807) is 6.21 Å². The van der Waals surface area contributed by atoms with Crippen LogP contribution in [-0.2, 0) is 13.7 Å². The molecule has 3 aromatic rings. The molecule has 0 spiro atoms. The zero-order valence-corrected chi connectivity index (χ0v) is 16.9. The zero-order chi connectivity index (χ0) is 20.6. The molecule has 0 aliphatic carbocycles. The van der Waals surface area contributed by atoms with Crippen LogP contribution < -0.4 is 20.5 Å². The highest BCUT2D eigenvalue weighted by molar-refractivity contribution is 6.32. The van der Waals surface area contributed by atoms with Crippen molar-refractivity contribution in [1.29, 1.82) is 0 Å². The predicted octanol–water partition coefficient (Wildman–Crippen LogP) is 3.86. The van der Waals surface area contributed by atoms with Gasteiger partial charge in [0.15, 0.2) is 11.5 Å². The van der Waals surface area contributed by atoms with Gasteiger partial charge in [-0.05, 0) is 36.2 Å². The lowest BCUT2D eigenvalue weighted by Gasteiger charge is -2.12. The number of hydrazone groups is 1. The van der Waals surface area contributed by atoms with Crippen molar-refractivity contribution in [1.82, 2.24) is 9.78 Å². The van der Waals surface area contributed by atoms with Crippen LogP contribution in [-0.4, -0.2) is 22.6 Å². The fourth-order valence-electron chi connectivity index (χ4n) is 2.49. The normalized spacial score (nSPS) is 10.9. The third-order valence-corrected chi connectivity index (χ3v) is 4.35. The molecule has 29 heavy (non-hydrogen) atoms. The Morgan fingerprint density at radius 3 is 2.72 bits per heavy atom. The Balaban J connectivity index is 1.71. The second kappa shape index (κ2) is 9.75. The number of anilines is 1. The van der Waals surface area contributed by atoms with Crippen LogP contribution in [0.2, 0.25) is 5.02 Å². The molecule has 0 amide bonds. The van der Waals surface area contributed by atoms with E-state index in [1.165, 1.54) is 13.2 Å². The number of ether oxygens (including phenoxy) is 2. The van der Waals surface area contributed by atoms with Crippen molar-refractivity contribution in [3.05, 3.63) is 81.2 Å². The third-order valence-electron chi connectivity index (χ3n) is 3.98. The molecule has 1 heterocycles. The van der Waals surface area contributed by atoms with Crippen molar-refractivity contribution in [2.24, 2.45) is 12.1 Å². The van der Waals surface area contributed by atoms with Gasteiger partial charge in [0.2, 0.25) is 0 Å². The van der Waals surface area contributed by atoms with Crippen LogP contribution in [0.15, 0.2) is 64.6 Å². The Kier molecular flexibility index (Phi) is 6.86. The molecule has 2 aromatic carbocycles. The van der Waals surface area contributed by atoms with E-state index >= 15 is 0 Å². The van der Waals surface area contributed by atoms with Crippen LogP contribution >= 0.6 is 11.6 Å². The maximum absolute atomic E-state index is 11.8. The molecular weight excluding hydrogens is 392 g/mol. The van der Waals surface area contributed by atoms with E-state index in [-0.39, 0.29) is 5.02 Å². The van der Waals surface area contributed by atoms with Crippen molar-refractivity contribution in [3.8, 4) is 11.5 Å². The van der Waals surface area contributed by atoms with Crippen LogP contribution in [0.25, 0.3) is 0 Å². The second-order valence-electron chi connectivity index (χ2n) is 6.08. The van der Waals surface area contributed by atoms with Crippen LogP contribution in [0.5, 0.6) is 11.5 Å². The van der Waals surface area contributed by atoms with E-state index in [0.717, 1.165) is 15.8 Å². The Hall–Kier alpha value is -3.32. The third kappa shape index (κ3) is 5.36. The van der Waals surface area contributed by atoms with Gasteiger partial charge in [0.1, 0.15) is 17.3 Å². The number of nitrogens with one attached hydrogen (secondary N) is 1. The van der Waals surface area contributed by atoms with Gasteiger partial charge in [-0.2, -0.15) is 10.2 Å². The molecule has 0 saturated heterocycles. The maximum atomic E-state index is 11.8. The molecule has 1 aromatic heterocycles. The highest BCUT2D eigenvalue weighted by atomic mass is 35.5. The van der Waals surface area contributed by atoms with Crippen LogP contribution in [0.4, 0.5) is 5.69 Å². The van der Waals surface area contributed by atoms with Gasteiger partial charge in [-0.15, -0.1) is 0 Å². The molecule has 3 rings (SSSR count). The summed E-state index contributed by atoms with van der Waals surface area (Å²) in [6.07, 6.45) is 3.03. The lowest BCUT2D eigenvalue weighted by atomic mass is 10.2.